The summed E-state index contributed by atoms with van der Waals surface area (Å²) in [6, 6.07) is 8.62. The standard InChI is InChI=1S/C13H10ClN3O2/c14-13(19)17-11-8(3-1-5-10(11)18)7-16-9-4-2-6-15-12(9)17/h1-6,16,18H,7H2. The van der Waals surface area contributed by atoms with Gasteiger partial charge in [-0.1, -0.05) is 12.1 Å². The smallest absolute Gasteiger partial charge is 0.326 e. The molecule has 19 heavy (non-hydrogen) atoms. The highest BCUT2D eigenvalue weighted by Crippen LogP contribution is 2.41. The number of phenolic OH excluding ortho intramolecular Hbond substituents is 1. The van der Waals surface area contributed by atoms with Crippen molar-refractivity contribution < 1.29 is 9.90 Å². The summed E-state index contributed by atoms with van der Waals surface area (Å²) in [5, 5.41) is 12.5. The van der Waals surface area contributed by atoms with E-state index in [1.54, 1.807) is 24.4 Å². The summed E-state index contributed by atoms with van der Waals surface area (Å²) in [6.07, 6.45) is 1.57. The van der Waals surface area contributed by atoms with E-state index in [4.69, 9.17) is 11.6 Å². The van der Waals surface area contributed by atoms with Crippen molar-refractivity contribution in [1.82, 2.24) is 4.98 Å². The van der Waals surface area contributed by atoms with Gasteiger partial charge in [-0.05, 0) is 35.4 Å². The molecule has 0 bridgehead atoms. The largest absolute Gasteiger partial charge is 0.506 e. The van der Waals surface area contributed by atoms with Crippen LogP contribution in [0.1, 0.15) is 5.56 Å². The number of benzene rings is 1. The lowest BCUT2D eigenvalue weighted by Crippen LogP contribution is -2.21. The number of aromatic hydroxyl groups is 1. The number of fused-ring (bicyclic) bond motifs is 2. The lowest BCUT2D eigenvalue weighted by atomic mass is 10.1. The van der Waals surface area contributed by atoms with Crippen LogP contribution in [0.4, 0.5) is 22.0 Å². The molecule has 1 aliphatic rings. The molecular weight excluding hydrogens is 266 g/mol. The minimum atomic E-state index is -0.716. The summed E-state index contributed by atoms with van der Waals surface area (Å²) in [5.41, 5.74) is 1.83. The maximum atomic E-state index is 11.7. The van der Waals surface area contributed by atoms with Crippen molar-refractivity contribution in [3.05, 3.63) is 42.1 Å². The number of aromatic nitrogens is 1. The fourth-order valence-electron chi connectivity index (χ4n) is 2.16. The molecule has 0 saturated heterocycles. The Hall–Kier alpha value is -2.27. The predicted octanol–water partition coefficient (Wildman–Crippen LogP) is 3.21. The van der Waals surface area contributed by atoms with Gasteiger partial charge in [0.15, 0.2) is 5.82 Å². The molecule has 0 fully saturated rings. The molecule has 0 aliphatic carbocycles. The van der Waals surface area contributed by atoms with Crippen LogP contribution in [0.25, 0.3) is 0 Å². The number of hydrogen-bond acceptors (Lipinski definition) is 4. The molecule has 1 aromatic carbocycles. The molecular formula is C13H10ClN3O2. The third kappa shape index (κ3) is 1.88. The molecule has 0 atom stereocenters. The number of nitrogens with zero attached hydrogens (tertiary/aromatic N) is 2. The minimum absolute atomic E-state index is 0.00759. The minimum Gasteiger partial charge on any atom is -0.506 e. The van der Waals surface area contributed by atoms with Crippen LogP contribution in [0, 0.1) is 0 Å². The average Bonchev–Trinajstić information content (AvgIpc) is 2.56. The van der Waals surface area contributed by atoms with Crippen molar-refractivity contribution in [3.8, 4) is 5.75 Å². The van der Waals surface area contributed by atoms with E-state index < -0.39 is 5.37 Å². The van der Waals surface area contributed by atoms with Crippen molar-refractivity contribution in [2.45, 2.75) is 6.54 Å². The fraction of sp³-hybridized carbons (Fsp3) is 0.0769. The molecule has 1 aliphatic heterocycles. The first-order chi connectivity index (χ1) is 9.18. The molecule has 2 heterocycles. The van der Waals surface area contributed by atoms with Crippen molar-refractivity contribution >= 4 is 34.2 Å². The van der Waals surface area contributed by atoms with Crippen LogP contribution < -0.4 is 10.2 Å². The number of nitrogens with one attached hydrogen (secondary N) is 1. The number of para-hydroxylation sites is 1. The van der Waals surface area contributed by atoms with Crippen LogP contribution in [0.5, 0.6) is 5.75 Å². The number of halogens is 1. The zero-order chi connectivity index (χ0) is 13.4. The summed E-state index contributed by atoms with van der Waals surface area (Å²) in [5.74, 6) is 0.370. The van der Waals surface area contributed by atoms with Crippen LogP contribution in [0.15, 0.2) is 36.5 Å². The average molecular weight is 276 g/mol. The highest BCUT2D eigenvalue weighted by atomic mass is 35.5. The van der Waals surface area contributed by atoms with E-state index in [9.17, 15) is 9.90 Å². The number of phenols is 1. The Labute approximate surface area is 114 Å². The first-order valence-corrected chi connectivity index (χ1v) is 6.05. The van der Waals surface area contributed by atoms with Crippen molar-refractivity contribution in [3.63, 3.8) is 0 Å². The summed E-state index contributed by atoms with van der Waals surface area (Å²) >= 11 is 5.66. The van der Waals surface area contributed by atoms with Crippen LogP contribution in [0.2, 0.25) is 0 Å². The van der Waals surface area contributed by atoms with Gasteiger partial charge in [0.05, 0.1) is 11.4 Å². The second-order valence-corrected chi connectivity index (χ2v) is 4.42. The molecule has 2 aromatic rings. The van der Waals surface area contributed by atoms with E-state index >= 15 is 0 Å². The van der Waals surface area contributed by atoms with Gasteiger partial charge in [0.1, 0.15) is 5.75 Å². The lowest BCUT2D eigenvalue weighted by Gasteiger charge is -2.20. The summed E-state index contributed by atoms with van der Waals surface area (Å²) in [6.45, 7) is 0.475. The normalized spacial score (nSPS) is 13.0. The zero-order valence-corrected chi connectivity index (χ0v) is 10.6. The first-order valence-electron chi connectivity index (χ1n) is 5.68. The third-order valence-electron chi connectivity index (χ3n) is 2.97. The Morgan fingerprint density at radius 3 is 3.00 bits per heavy atom. The van der Waals surface area contributed by atoms with Crippen LogP contribution in [-0.4, -0.2) is 15.5 Å². The van der Waals surface area contributed by atoms with Gasteiger partial charge in [0.2, 0.25) is 0 Å². The number of hydrogen-bond donors (Lipinski definition) is 2. The highest BCUT2D eigenvalue weighted by molar-refractivity contribution is 6.67. The molecule has 0 unspecified atom stereocenters. The number of amides is 1. The van der Waals surface area contributed by atoms with Gasteiger partial charge in [-0.15, -0.1) is 0 Å². The van der Waals surface area contributed by atoms with Gasteiger partial charge < -0.3 is 10.4 Å². The number of anilines is 3. The second-order valence-electron chi connectivity index (χ2n) is 4.10. The van der Waals surface area contributed by atoms with Crippen molar-refractivity contribution in [2.24, 2.45) is 0 Å². The Morgan fingerprint density at radius 1 is 1.37 bits per heavy atom. The predicted molar refractivity (Wildman–Crippen MR) is 73.1 cm³/mol. The monoisotopic (exact) mass is 275 g/mol. The van der Waals surface area contributed by atoms with Crippen LogP contribution >= 0.6 is 11.6 Å². The molecule has 0 spiro atoms. The molecule has 0 saturated carbocycles. The SMILES string of the molecule is O=C(Cl)N1c2ncccc2NCc2cccc(O)c21. The maximum absolute atomic E-state index is 11.7. The van der Waals surface area contributed by atoms with Gasteiger partial charge >= 0.3 is 5.37 Å². The van der Waals surface area contributed by atoms with Crippen molar-refractivity contribution in [1.29, 1.82) is 0 Å². The Kier molecular flexibility index (Phi) is 2.76. The molecule has 2 N–H and O–H groups in total. The first kappa shape index (κ1) is 11.8. The highest BCUT2D eigenvalue weighted by Gasteiger charge is 2.28. The van der Waals surface area contributed by atoms with E-state index in [-0.39, 0.29) is 5.75 Å². The molecule has 96 valence electrons. The second kappa shape index (κ2) is 4.44. The fourth-order valence-corrected chi connectivity index (χ4v) is 2.32. The van der Waals surface area contributed by atoms with E-state index in [0.29, 0.717) is 23.7 Å². The van der Waals surface area contributed by atoms with E-state index in [1.807, 2.05) is 6.07 Å². The summed E-state index contributed by atoms with van der Waals surface area (Å²) in [4.78, 5) is 17.1. The number of rotatable bonds is 0. The number of carbonyl (C=O) groups excluding carboxylic acids is 1. The van der Waals surface area contributed by atoms with Gasteiger partial charge in [0, 0.05) is 12.7 Å². The quantitative estimate of drug-likeness (QED) is 0.572. The van der Waals surface area contributed by atoms with Gasteiger partial charge in [0.25, 0.3) is 0 Å². The molecule has 1 aromatic heterocycles. The number of carbonyl (C=O) groups is 1. The Bertz CT molecular complexity index is 660. The number of pyridine rings is 1. The van der Waals surface area contributed by atoms with Crippen molar-refractivity contribution in [2.75, 3.05) is 10.2 Å². The van der Waals surface area contributed by atoms with Gasteiger partial charge in [-0.2, -0.15) is 0 Å². The lowest BCUT2D eigenvalue weighted by molar-refractivity contribution is 0.265. The van der Waals surface area contributed by atoms with Gasteiger partial charge in [-0.25, -0.2) is 9.88 Å². The topological polar surface area (TPSA) is 65.5 Å². The molecule has 6 heteroatoms. The zero-order valence-electron chi connectivity index (χ0n) is 9.80. The van der Waals surface area contributed by atoms with Gasteiger partial charge in [-0.3, -0.25) is 4.79 Å². The molecule has 5 nitrogen and oxygen atoms in total. The summed E-state index contributed by atoms with van der Waals surface area (Å²) < 4.78 is 0. The Morgan fingerprint density at radius 2 is 2.21 bits per heavy atom. The summed E-state index contributed by atoms with van der Waals surface area (Å²) in [7, 11) is 0. The molecule has 1 amide bonds. The van der Waals surface area contributed by atoms with Crippen LogP contribution in [0.3, 0.4) is 0 Å². The van der Waals surface area contributed by atoms with E-state index in [1.165, 1.54) is 11.0 Å². The Balaban J connectivity index is 2.29. The maximum Gasteiger partial charge on any atom is 0.326 e. The van der Waals surface area contributed by atoms with E-state index in [2.05, 4.69) is 10.3 Å². The molecule has 0 radical (unpaired) electrons. The molecule has 3 rings (SSSR count). The van der Waals surface area contributed by atoms with Crippen LogP contribution in [-0.2, 0) is 6.54 Å². The van der Waals surface area contributed by atoms with E-state index in [0.717, 1.165) is 5.56 Å². The third-order valence-corrected chi connectivity index (χ3v) is 3.13.